The van der Waals surface area contributed by atoms with Crippen LogP contribution in [0.5, 0.6) is 0 Å². The van der Waals surface area contributed by atoms with Crippen LogP contribution in [0, 0.1) is 11.8 Å². The first kappa shape index (κ1) is 9.54. The van der Waals surface area contributed by atoms with Gasteiger partial charge in [0.05, 0.1) is 5.76 Å². The summed E-state index contributed by atoms with van der Waals surface area (Å²) in [5.41, 5.74) is 0. The van der Waals surface area contributed by atoms with Crippen LogP contribution in [0.25, 0.3) is 0 Å². The summed E-state index contributed by atoms with van der Waals surface area (Å²) in [4.78, 5) is 0. The molecule has 0 aliphatic rings. The molecule has 0 unspecified atom stereocenters. The fraction of sp³-hybridized carbons (Fsp3) is 0.778. The Hall–Kier alpha value is -0.460. The summed E-state index contributed by atoms with van der Waals surface area (Å²) in [6, 6.07) is 0. The first-order valence-corrected chi connectivity index (χ1v) is 3.92. The van der Waals surface area contributed by atoms with Crippen LogP contribution in [0.2, 0.25) is 0 Å². The molecule has 0 heterocycles. The van der Waals surface area contributed by atoms with Crippen LogP contribution in [0.1, 0.15) is 34.1 Å². The van der Waals surface area contributed by atoms with Crippen LogP contribution in [0.15, 0.2) is 11.8 Å². The third kappa shape index (κ3) is 5.67. The largest absolute Gasteiger partial charge is 0.513 e. The van der Waals surface area contributed by atoms with Crippen LogP contribution in [-0.4, -0.2) is 5.11 Å². The van der Waals surface area contributed by atoms with Gasteiger partial charge in [-0.1, -0.05) is 27.7 Å². The van der Waals surface area contributed by atoms with Crippen molar-refractivity contribution in [3.63, 3.8) is 0 Å². The molecular formula is C9H18O. The highest BCUT2D eigenvalue weighted by atomic mass is 16.3. The topological polar surface area (TPSA) is 20.2 Å². The summed E-state index contributed by atoms with van der Waals surface area (Å²) in [6.07, 6.45) is 2.71. The first-order chi connectivity index (χ1) is 4.52. The van der Waals surface area contributed by atoms with E-state index in [1.165, 1.54) is 0 Å². The molecule has 0 aromatic carbocycles. The van der Waals surface area contributed by atoms with Crippen LogP contribution >= 0.6 is 0 Å². The molecule has 0 spiro atoms. The van der Waals surface area contributed by atoms with Gasteiger partial charge in [-0.2, -0.15) is 0 Å². The monoisotopic (exact) mass is 142 g/mol. The van der Waals surface area contributed by atoms with Crippen molar-refractivity contribution in [2.75, 3.05) is 0 Å². The molecule has 0 aromatic heterocycles. The maximum atomic E-state index is 9.25. The summed E-state index contributed by atoms with van der Waals surface area (Å²) < 4.78 is 0. The lowest BCUT2D eigenvalue weighted by Gasteiger charge is -2.04. The summed E-state index contributed by atoms with van der Waals surface area (Å²) in [6.45, 7) is 8.34. The van der Waals surface area contributed by atoms with E-state index in [0.29, 0.717) is 17.6 Å². The molecule has 10 heavy (non-hydrogen) atoms. The van der Waals surface area contributed by atoms with Crippen molar-refractivity contribution in [2.24, 2.45) is 11.8 Å². The number of aliphatic hydroxyl groups is 1. The van der Waals surface area contributed by atoms with Gasteiger partial charge < -0.3 is 5.11 Å². The minimum Gasteiger partial charge on any atom is -0.513 e. The molecule has 0 aliphatic heterocycles. The minimum atomic E-state index is 0.457. The molecule has 60 valence electrons. The summed E-state index contributed by atoms with van der Waals surface area (Å²) in [7, 11) is 0. The molecule has 0 aliphatic carbocycles. The number of allylic oxidation sites excluding steroid dienone is 2. The molecule has 0 saturated heterocycles. The minimum absolute atomic E-state index is 0.457. The predicted octanol–water partition coefficient (Wildman–Crippen LogP) is 3.13. The van der Waals surface area contributed by atoms with Gasteiger partial charge in [0.2, 0.25) is 0 Å². The van der Waals surface area contributed by atoms with Crippen LogP contribution in [-0.2, 0) is 0 Å². The zero-order chi connectivity index (χ0) is 8.15. The van der Waals surface area contributed by atoms with Crippen LogP contribution in [0.4, 0.5) is 0 Å². The number of rotatable bonds is 3. The van der Waals surface area contributed by atoms with E-state index in [-0.39, 0.29) is 0 Å². The van der Waals surface area contributed by atoms with Gasteiger partial charge in [-0.3, -0.25) is 0 Å². The molecule has 0 rings (SSSR count). The Morgan fingerprint density at radius 3 is 2.10 bits per heavy atom. The smallest absolute Gasteiger partial charge is 0.0888 e. The van der Waals surface area contributed by atoms with Crippen molar-refractivity contribution in [3.05, 3.63) is 11.8 Å². The Kier molecular flexibility index (Phi) is 4.17. The number of hydrogen-bond acceptors (Lipinski definition) is 1. The molecule has 0 amide bonds. The second-order valence-corrected chi connectivity index (χ2v) is 3.50. The SMILES string of the molecule is CC(C)/C=C(\O)CC(C)C. The second kappa shape index (κ2) is 4.37. The third-order valence-electron chi connectivity index (χ3n) is 1.14. The molecule has 0 atom stereocenters. The van der Waals surface area contributed by atoms with Gasteiger partial charge in [0, 0.05) is 6.42 Å². The summed E-state index contributed by atoms with van der Waals surface area (Å²) >= 11 is 0. The Morgan fingerprint density at radius 1 is 1.30 bits per heavy atom. The highest BCUT2D eigenvalue weighted by Gasteiger charge is 1.98. The van der Waals surface area contributed by atoms with Gasteiger partial charge in [0.1, 0.15) is 0 Å². The van der Waals surface area contributed by atoms with Gasteiger partial charge in [-0.25, -0.2) is 0 Å². The zero-order valence-corrected chi connectivity index (χ0v) is 7.39. The molecule has 0 saturated carbocycles. The fourth-order valence-electron chi connectivity index (χ4n) is 0.871. The highest BCUT2D eigenvalue weighted by Crippen LogP contribution is 2.09. The summed E-state index contributed by atoms with van der Waals surface area (Å²) in [5, 5.41) is 9.25. The average molecular weight is 142 g/mol. The standard InChI is InChI=1S/C9H18O/c1-7(2)5-9(10)6-8(3)4/h5,7-8,10H,6H2,1-4H3/b9-5-. The van der Waals surface area contributed by atoms with E-state index < -0.39 is 0 Å². The molecule has 0 bridgehead atoms. The predicted molar refractivity (Wildman–Crippen MR) is 45.0 cm³/mol. The highest BCUT2D eigenvalue weighted by molar-refractivity contribution is 4.93. The zero-order valence-electron chi connectivity index (χ0n) is 7.39. The maximum Gasteiger partial charge on any atom is 0.0888 e. The molecule has 1 nitrogen and oxygen atoms in total. The van der Waals surface area contributed by atoms with E-state index in [9.17, 15) is 5.11 Å². The average Bonchev–Trinajstić information content (AvgIpc) is 1.58. The van der Waals surface area contributed by atoms with Crippen molar-refractivity contribution in [2.45, 2.75) is 34.1 Å². The lowest BCUT2D eigenvalue weighted by Crippen LogP contribution is -1.92. The van der Waals surface area contributed by atoms with Gasteiger partial charge >= 0.3 is 0 Å². The quantitative estimate of drug-likeness (QED) is 0.600. The Labute approximate surface area is 63.8 Å². The van der Waals surface area contributed by atoms with Crippen molar-refractivity contribution in [1.82, 2.24) is 0 Å². The molecule has 1 heteroatoms. The van der Waals surface area contributed by atoms with Gasteiger partial charge in [-0.05, 0) is 17.9 Å². The van der Waals surface area contributed by atoms with E-state index >= 15 is 0 Å². The molecule has 0 radical (unpaired) electrons. The lowest BCUT2D eigenvalue weighted by molar-refractivity contribution is 0.359. The van der Waals surface area contributed by atoms with Crippen molar-refractivity contribution in [1.29, 1.82) is 0 Å². The van der Waals surface area contributed by atoms with Crippen molar-refractivity contribution >= 4 is 0 Å². The van der Waals surface area contributed by atoms with Crippen LogP contribution in [0.3, 0.4) is 0 Å². The third-order valence-corrected chi connectivity index (χ3v) is 1.14. The van der Waals surface area contributed by atoms with Gasteiger partial charge in [0.15, 0.2) is 0 Å². The van der Waals surface area contributed by atoms with E-state index in [2.05, 4.69) is 27.7 Å². The number of hydrogen-bond donors (Lipinski definition) is 1. The van der Waals surface area contributed by atoms with Gasteiger partial charge in [-0.15, -0.1) is 0 Å². The van der Waals surface area contributed by atoms with E-state index in [4.69, 9.17) is 0 Å². The van der Waals surface area contributed by atoms with Gasteiger partial charge in [0.25, 0.3) is 0 Å². The Balaban J connectivity index is 3.71. The molecule has 0 fully saturated rings. The fourth-order valence-corrected chi connectivity index (χ4v) is 0.871. The number of aliphatic hydroxyl groups excluding tert-OH is 1. The molecular weight excluding hydrogens is 124 g/mol. The van der Waals surface area contributed by atoms with E-state index in [0.717, 1.165) is 6.42 Å². The first-order valence-electron chi connectivity index (χ1n) is 3.92. The van der Waals surface area contributed by atoms with Crippen molar-refractivity contribution in [3.8, 4) is 0 Å². The maximum absolute atomic E-state index is 9.25. The molecule has 0 aromatic rings. The normalized spacial score (nSPS) is 13.2. The van der Waals surface area contributed by atoms with Crippen molar-refractivity contribution < 1.29 is 5.11 Å². The van der Waals surface area contributed by atoms with E-state index in [1.54, 1.807) is 0 Å². The molecule has 1 N–H and O–H groups in total. The van der Waals surface area contributed by atoms with E-state index in [1.807, 2.05) is 6.08 Å². The summed E-state index contributed by atoms with van der Waals surface area (Å²) in [5.74, 6) is 1.54. The lowest BCUT2D eigenvalue weighted by atomic mass is 10.1. The second-order valence-electron chi connectivity index (χ2n) is 3.50. The van der Waals surface area contributed by atoms with Crippen LogP contribution < -0.4 is 0 Å². The Bertz CT molecular complexity index is 112. The Morgan fingerprint density at radius 2 is 1.80 bits per heavy atom.